The molecule has 0 spiro atoms. The molecule has 16 heavy (non-hydrogen) atoms. The molecule has 0 atom stereocenters. The van der Waals surface area contributed by atoms with E-state index in [2.05, 4.69) is 4.72 Å². The predicted molar refractivity (Wildman–Crippen MR) is 64.2 cm³/mol. The van der Waals surface area contributed by atoms with Crippen LogP contribution in [0, 0.1) is 5.82 Å². The van der Waals surface area contributed by atoms with Crippen molar-refractivity contribution in [3.05, 3.63) is 29.0 Å². The van der Waals surface area contributed by atoms with Gasteiger partial charge in [0, 0.05) is 5.88 Å². The van der Waals surface area contributed by atoms with Gasteiger partial charge in [-0.2, -0.15) is 0 Å². The van der Waals surface area contributed by atoms with E-state index >= 15 is 0 Å². The normalized spacial score (nSPS) is 11.4. The molecular weight excluding hydrogens is 276 g/mol. The molecule has 1 aromatic carbocycles. The summed E-state index contributed by atoms with van der Waals surface area (Å²) in [6, 6.07) is 4.11. The molecule has 0 aromatic heterocycles. The fraction of sp³-hybridized carbons (Fsp3) is 0.333. The molecule has 0 aliphatic carbocycles. The van der Waals surface area contributed by atoms with E-state index in [0.717, 1.165) is 0 Å². The zero-order valence-corrected chi connectivity index (χ0v) is 10.5. The number of rotatable bonds is 5. The van der Waals surface area contributed by atoms with Crippen LogP contribution in [0.25, 0.3) is 0 Å². The van der Waals surface area contributed by atoms with E-state index in [1.807, 2.05) is 0 Å². The predicted octanol–water partition coefficient (Wildman–Crippen LogP) is 2.85. The molecule has 7 heteroatoms. The highest BCUT2D eigenvalue weighted by Gasteiger charge is 2.14. The van der Waals surface area contributed by atoms with Gasteiger partial charge < -0.3 is 0 Å². The number of halogens is 3. The van der Waals surface area contributed by atoms with Gasteiger partial charge in [0.1, 0.15) is 0 Å². The van der Waals surface area contributed by atoms with Gasteiger partial charge in [-0.15, -0.1) is 11.6 Å². The number of nitrogens with one attached hydrogen (secondary N) is 1. The maximum absolute atomic E-state index is 13.4. The summed E-state index contributed by atoms with van der Waals surface area (Å²) in [6.45, 7) is 0. The summed E-state index contributed by atoms with van der Waals surface area (Å²) >= 11 is 10.9. The quantitative estimate of drug-likeness (QED) is 0.846. The molecule has 1 N–H and O–H groups in total. The summed E-state index contributed by atoms with van der Waals surface area (Å²) in [6.07, 6.45) is 0.305. The van der Waals surface area contributed by atoms with Gasteiger partial charge in [-0.1, -0.05) is 17.7 Å². The number of sulfonamides is 1. The lowest BCUT2D eigenvalue weighted by molar-refractivity contribution is 0.597. The Morgan fingerprint density at radius 2 is 2.06 bits per heavy atom. The van der Waals surface area contributed by atoms with Crippen LogP contribution in [0.3, 0.4) is 0 Å². The number of benzene rings is 1. The zero-order chi connectivity index (χ0) is 12.2. The summed E-state index contributed by atoms with van der Waals surface area (Å²) < 4.78 is 38.4. The first-order chi connectivity index (χ1) is 7.46. The third-order valence-electron chi connectivity index (χ3n) is 1.76. The highest BCUT2D eigenvalue weighted by atomic mass is 35.5. The SMILES string of the molecule is O=S(=O)(CCCCl)Nc1cccc(Cl)c1F. The molecule has 0 aliphatic rings. The van der Waals surface area contributed by atoms with E-state index in [9.17, 15) is 12.8 Å². The van der Waals surface area contributed by atoms with Gasteiger partial charge in [0.05, 0.1) is 16.5 Å². The van der Waals surface area contributed by atoms with Gasteiger partial charge in [0.15, 0.2) is 5.82 Å². The Morgan fingerprint density at radius 3 is 2.69 bits per heavy atom. The summed E-state index contributed by atoms with van der Waals surface area (Å²) in [4.78, 5) is 0. The average Bonchev–Trinajstić information content (AvgIpc) is 2.22. The van der Waals surface area contributed by atoms with Crippen molar-refractivity contribution in [2.75, 3.05) is 16.4 Å². The van der Waals surface area contributed by atoms with E-state index in [1.165, 1.54) is 18.2 Å². The van der Waals surface area contributed by atoms with Crippen LogP contribution >= 0.6 is 23.2 Å². The minimum absolute atomic E-state index is 0.127. The molecule has 1 rings (SSSR count). The van der Waals surface area contributed by atoms with Crippen LogP contribution in [-0.4, -0.2) is 20.1 Å². The van der Waals surface area contributed by atoms with Crippen molar-refractivity contribution < 1.29 is 12.8 Å². The van der Waals surface area contributed by atoms with E-state index in [1.54, 1.807) is 0 Å². The molecule has 0 aliphatic heterocycles. The molecular formula is C9H10Cl2FNO2S. The Hall–Kier alpha value is -0.520. The third kappa shape index (κ3) is 3.81. The first kappa shape index (κ1) is 13.5. The fourth-order valence-electron chi connectivity index (χ4n) is 1.05. The monoisotopic (exact) mass is 285 g/mol. The first-order valence-corrected chi connectivity index (χ1v) is 7.03. The lowest BCUT2D eigenvalue weighted by Gasteiger charge is -2.08. The van der Waals surface area contributed by atoms with Crippen LogP contribution in [-0.2, 0) is 10.0 Å². The Morgan fingerprint density at radius 1 is 1.38 bits per heavy atom. The van der Waals surface area contributed by atoms with Crippen LogP contribution in [0.4, 0.5) is 10.1 Å². The molecule has 0 radical (unpaired) electrons. The van der Waals surface area contributed by atoms with Crippen molar-refractivity contribution in [1.82, 2.24) is 0 Å². The lowest BCUT2D eigenvalue weighted by atomic mass is 10.3. The number of anilines is 1. The summed E-state index contributed by atoms with van der Waals surface area (Å²) in [5, 5.41) is -0.127. The van der Waals surface area contributed by atoms with E-state index in [0.29, 0.717) is 6.42 Å². The largest absolute Gasteiger partial charge is 0.281 e. The average molecular weight is 286 g/mol. The second-order valence-electron chi connectivity index (χ2n) is 3.06. The highest BCUT2D eigenvalue weighted by molar-refractivity contribution is 7.92. The molecule has 90 valence electrons. The Bertz CT molecular complexity index is 465. The smallest absolute Gasteiger partial charge is 0.232 e. The van der Waals surface area contributed by atoms with E-state index in [-0.39, 0.29) is 22.3 Å². The first-order valence-electron chi connectivity index (χ1n) is 4.47. The molecule has 0 saturated heterocycles. The second kappa shape index (κ2) is 5.70. The van der Waals surface area contributed by atoms with Crippen molar-refractivity contribution >= 4 is 38.9 Å². The second-order valence-corrected chi connectivity index (χ2v) is 5.69. The van der Waals surface area contributed by atoms with Gasteiger partial charge in [0.25, 0.3) is 0 Å². The van der Waals surface area contributed by atoms with Gasteiger partial charge >= 0.3 is 0 Å². The molecule has 3 nitrogen and oxygen atoms in total. The summed E-state index contributed by atoms with van der Waals surface area (Å²) in [5.74, 6) is -0.694. The van der Waals surface area contributed by atoms with E-state index in [4.69, 9.17) is 23.2 Å². The third-order valence-corrected chi connectivity index (χ3v) is 3.68. The maximum atomic E-state index is 13.4. The van der Waals surface area contributed by atoms with Crippen LogP contribution < -0.4 is 4.72 Å². The van der Waals surface area contributed by atoms with Crippen LogP contribution in [0.15, 0.2) is 18.2 Å². The molecule has 0 heterocycles. The molecule has 0 unspecified atom stereocenters. The van der Waals surface area contributed by atoms with Gasteiger partial charge in [-0.05, 0) is 18.6 Å². The zero-order valence-electron chi connectivity index (χ0n) is 8.21. The molecule has 0 saturated carbocycles. The highest BCUT2D eigenvalue weighted by Crippen LogP contribution is 2.22. The van der Waals surface area contributed by atoms with Gasteiger partial charge in [0.2, 0.25) is 10.0 Å². The fourth-order valence-corrected chi connectivity index (χ4v) is 2.63. The molecule has 0 amide bonds. The summed E-state index contributed by atoms with van der Waals surface area (Å²) in [7, 11) is -3.57. The Kier molecular flexibility index (Phi) is 4.83. The lowest BCUT2D eigenvalue weighted by Crippen LogP contribution is -2.17. The maximum Gasteiger partial charge on any atom is 0.232 e. The van der Waals surface area contributed by atoms with Gasteiger partial charge in [-0.3, -0.25) is 4.72 Å². The number of hydrogen-bond donors (Lipinski definition) is 1. The summed E-state index contributed by atoms with van der Waals surface area (Å²) in [5.41, 5.74) is -0.151. The minimum atomic E-state index is -3.57. The molecule has 1 aromatic rings. The standard InChI is InChI=1S/C9H10Cl2FNO2S/c10-5-2-6-16(14,15)13-8-4-1-3-7(11)9(8)12/h1,3-4,13H,2,5-6H2. The van der Waals surface area contributed by atoms with Crippen molar-refractivity contribution in [1.29, 1.82) is 0 Å². The van der Waals surface area contributed by atoms with Crippen molar-refractivity contribution in [2.45, 2.75) is 6.42 Å². The molecule has 0 bridgehead atoms. The topological polar surface area (TPSA) is 46.2 Å². The van der Waals surface area contributed by atoms with Crippen molar-refractivity contribution in [3.8, 4) is 0 Å². The van der Waals surface area contributed by atoms with Crippen molar-refractivity contribution in [3.63, 3.8) is 0 Å². The van der Waals surface area contributed by atoms with Crippen molar-refractivity contribution in [2.24, 2.45) is 0 Å². The number of alkyl halides is 1. The minimum Gasteiger partial charge on any atom is -0.281 e. The van der Waals surface area contributed by atoms with Crippen LogP contribution in [0.5, 0.6) is 0 Å². The Labute approximate surface area is 104 Å². The van der Waals surface area contributed by atoms with Crippen LogP contribution in [0.1, 0.15) is 6.42 Å². The molecule has 0 fully saturated rings. The van der Waals surface area contributed by atoms with Gasteiger partial charge in [-0.25, -0.2) is 12.8 Å². The van der Waals surface area contributed by atoms with Crippen LogP contribution in [0.2, 0.25) is 5.02 Å². The number of hydrogen-bond acceptors (Lipinski definition) is 2. The van der Waals surface area contributed by atoms with E-state index < -0.39 is 15.8 Å². The Balaban J connectivity index is 2.84.